The van der Waals surface area contributed by atoms with Crippen LogP contribution in [0.3, 0.4) is 0 Å². The van der Waals surface area contributed by atoms with E-state index in [1.807, 2.05) is 6.92 Å². The molecule has 0 bridgehead atoms. The highest BCUT2D eigenvalue weighted by atomic mass is 16.5. The molecule has 1 aliphatic rings. The predicted octanol–water partition coefficient (Wildman–Crippen LogP) is 0.755. The smallest absolute Gasteiger partial charge is 0.0590 e. The molecule has 1 rings (SSSR count). The van der Waals surface area contributed by atoms with Gasteiger partial charge >= 0.3 is 0 Å². The molecular formula is C10H22N2O. The van der Waals surface area contributed by atoms with Crippen molar-refractivity contribution in [1.29, 1.82) is 0 Å². The average molecular weight is 186 g/mol. The van der Waals surface area contributed by atoms with Gasteiger partial charge in [-0.05, 0) is 26.3 Å². The molecule has 0 aromatic heterocycles. The number of piperidine rings is 1. The van der Waals surface area contributed by atoms with Crippen molar-refractivity contribution in [3.63, 3.8) is 0 Å². The van der Waals surface area contributed by atoms with Gasteiger partial charge in [0.05, 0.1) is 6.61 Å². The molecule has 3 heteroatoms. The van der Waals surface area contributed by atoms with Gasteiger partial charge in [0, 0.05) is 25.7 Å². The minimum atomic E-state index is 0.690. The van der Waals surface area contributed by atoms with E-state index in [2.05, 4.69) is 10.6 Å². The van der Waals surface area contributed by atoms with Crippen molar-refractivity contribution in [2.24, 2.45) is 0 Å². The lowest BCUT2D eigenvalue weighted by atomic mass is 10.1. The molecule has 0 radical (unpaired) electrons. The zero-order valence-electron chi connectivity index (χ0n) is 8.64. The Labute approximate surface area is 81.2 Å². The first-order chi connectivity index (χ1) is 6.43. The van der Waals surface area contributed by atoms with Crippen molar-refractivity contribution in [3.8, 4) is 0 Å². The molecule has 2 N–H and O–H groups in total. The van der Waals surface area contributed by atoms with Gasteiger partial charge in [-0.25, -0.2) is 0 Å². The van der Waals surface area contributed by atoms with E-state index in [1.165, 1.54) is 25.8 Å². The van der Waals surface area contributed by atoms with Gasteiger partial charge in [-0.15, -0.1) is 0 Å². The highest BCUT2D eigenvalue weighted by molar-refractivity contribution is 4.73. The van der Waals surface area contributed by atoms with E-state index in [4.69, 9.17) is 4.74 Å². The van der Waals surface area contributed by atoms with Crippen LogP contribution >= 0.6 is 0 Å². The molecule has 1 unspecified atom stereocenters. The van der Waals surface area contributed by atoms with Crippen LogP contribution in [0.15, 0.2) is 0 Å². The standard InChI is InChI=1S/C10H22N2O/c1-2-13-8-7-11-9-10-5-3-4-6-12-10/h10-12H,2-9H2,1H3. The summed E-state index contributed by atoms with van der Waals surface area (Å²) in [7, 11) is 0. The average Bonchev–Trinajstić information content (AvgIpc) is 2.19. The molecule has 0 spiro atoms. The second-order valence-electron chi connectivity index (χ2n) is 3.55. The minimum absolute atomic E-state index is 0.690. The lowest BCUT2D eigenvalue weighted by Crippen LogP contribution is -2.42. The fraction of sp³-hybridized carbons (Fsp3) is 1.00. The van der Waals surface area contributed by atoms with Crippen molar-refractivity contribution < 1.29 is 4.74 Å². The summed E-state index contributed by atoms with van der Waals surface area (Å²) in [6, 6.07) is 0.690. The second kappa shape index (κ2) is 7.30. The lowest BCUT2D eigenvalue weighted by Gasteiger charge is -2.23. The van der Waals surface area contributed by atoms with Crippen LogP contribution < -0.4 is 10.6 Å². The Morgan fingerprint density at radius 3 is 3.08 bits per heavy atom. The van der Waals surface area contributed by atoms with Gasteiger partial charge in [0.2, 0.25) is 0 Å². The molecule has 1 atom stereocenters. The summed E-state index contributed by atoms with van der Waals surface area (Å²) in [5, 5.41) is 6.91. The fourth-order valence-corrected chi connectivity index (χ4v) is 1.66. The van der Waals surface area contributed by atoms with Crippen LogP contribution in [0.2, 0.25) is 0 Å². The monoisotopic (exact) mass is 186 g/mol. The Bertz CT molecular complexity index is 113. The Morgan fingerprint density at radius 1 is 1.46 bits per heavy atom. The van der Waals surface area contributed by atoms with Gasteiger partial charge in [-0.1, -0.05) is 6.42 Å². The summed E-state index contributed by atoms with van der Waals surface area (Å²) in [5.74, 6) is 0. The van der Waals surface area contributed by atoms with E-state index in [0.29, 0.717) is 6.04 Å². The van der Waals surface area contributed by atoms with Crippen LogP contribution in [0, 0.1) is 0 Å². The maximum Gasteiger partial charge on any atom is 0.0590 e. The summed E-state index contributed by atoms with van der Waals surface area (Å²) in [6.45, 7) is 6.95. The second-order valence-corrected chi connectivity index (χ2v) is 3.55. The zero-order valence-corrected chi connectivity index (χ0v) is 8.64. The molecule has 1 fully saturated rings. The maximum absolute atomic E-state index is 5.24. The van der Waals surface area contributed by atoms with Crippen LogP contribution in [-0.4, -0.2) is 38.9 Å². The molecule has 1 saturated heterocycles. The zero-order chi connectivity index (χ0) is 9.36. The quantitative estimate of drug-likeness (QED) is 0.601. The van der Waals surface area contributed by atoms with Crippen LogP contribution in [0.5, 0.6) is 0 Å². The molecular weight excluding hydrogens is 164 g/mol. The molecule has 13 heavy (non-hydrogen) atoms. The lowest BCUT2D eigenvalue weighted by molar-refractivity contribution is 0.148. The van der Waals surface area contributed by atoms with Gasteiger partial charge < -0.3 is 15.4 Å². The topological polar surface area (TPSA) is 33.3 Å². The van der Waals surface area contributed by atoms with Gasteiger partial charge in [0.15, 0.2) is 0 Å². The molecule has 0 saturated carbocycles. The summed E-state index contributed by atoms with van der Waals surface area (Å²) >= 11 is 0. The Hall–Kier alpha value is -0.120. The van der Waals surface area contributed by atoms with Gasteiger partial charge in [0.25, 0.3) is 0 Å². The van der Waals surface area contributed by atoms with Gasteiger partial charge in [-0.2, -0.15) is 0 Å². The van der Waals surface area contributed by atoms with Crippen molar-refractivity contribution in [3.05, 3.63) is 0 Å². The maximum atomic E-state index is 5.24. The van der Waals surface area contributed by atoms with E-state index >= 15 is 0 Å². The highest BCUT2D eigenvalue weighted by Crippen LogP contribution is 2.05. The summed E-state index contributed by atoms with van der Waals surface area (Å²) in [6.07, 6.45) is 4.04. The molecule has 0 aliphatic carbocycles. The number of rotatable bonds is 6. The van der Waals surface area contributed by atoms with Crippen molar-refractivity contribution in [1.82, 2.24) is 10.6 Å². The molecule has 0 aromatic rings. The van der Waals surface area contributed by atoms with Gasteiger partial charge in [0.1, 0.15) is 0 Å². The SMILES string of the molecule is CCOCCNCC1CCCCN1. The van der Waals surface area contributed by atoms with Crippen LogP contribution in [0.4, 0.5) is 0 Å². The molecule has 1 aliphatic heterocycles. The summed E-state index contributed by atoms with van der Waals surface area (Å²) < 4.78 is 5.24. The number of hydrogen-bond acceptors (Lipinski definition) is 3. The third-order valence-corrected chi connectivity index (χ3v) is 2.43. The van der Waals surface area contributed by atoms with E-state index in [9.17, 15) is 0 Å². The van der Waals surface area contributed by atoms with E-state index in [1.54, 1.807) is 0 Å². The fourth-order valence-electron chi connectivity index (χ4n) is 1.66. The van der Waals surface area contributed by atoms with E-state index in [-0.39, 0.29) is 0 Å². The first kappa shape index (κ1) is 11.0. The van der Waals surface area contributed by atoms with Crippen molar-refractivity contribution in [2.75, 3.05) is 32.8 Å². The van der Waals surface area contributed by atoms with Crippen molar-refractivity contribution in [2.45, 2.75) is 32.2 Å². The van der Waals surface area contributed by atoms with Crippen LogP contribution in [0.1, 0.15) is 26.2 Å². The Balaban J connectivity index is 1.86. The number of ether oxygens (including phenoxy) is 1. The summed E-state index contributed by atoms with van der Waals surface area (Å²) in [4.78, 5) is 0. The van der Waals surface area contributed by atoms with E-state index in [0.717, 1.165) is 26.3 Å². The molecule has 3 nitrogen and oxygen atoms in total. The Kier molecular flexibility index (Phi) is 6.15. The minimum Gasteiger partial charge on any atom is -0.380 e. The van der Waals surface area contributed by atoms with Crippen LogP contribution in [-0.2, 0) is 4.74 Å². The number of hydrogen-bond donors (Lipinski definition) is 2. The normalized spacial score (nSPS) is 23.3. The first-order valence-corrected chi connectivity index (χ1v) is 5.45. The number of nitrogens with one attached hydrogen (secondary N) is 2. The molecule has 1 heterocycles. The van der Waals surface area contributed by atoms with Crippen LogP contribution in [0.25, 0.3) is 0 Å². The van der Waals surface area contributed by atoms with E-state index < -0.39 is 0 Å². The first-order valence-electron chi connectivity index (χ1n) is 5.45. The molecule has 0 aromatic carbocycles. The molecule has 78 valence electrons. The third-order valence-electron chi connectivity index (χ3n) is 2.43. The third kappa shape index (κ3) is 5.24. The predicted molar refractivity (Wildman–Crippen MR) is 55.0 cm³/mol. The summed E-state index contributed by atoms with van der Waals surface area (Å²) in [5.41, 5.74) is 0. The molecule has 0 amide bonds. The van der Waals surface area contributed by atoms with Crippen molar-refractivity contribution >= 4 is 0 Å². The largest absolute Gasteiger partial charge is 0.380 e. The van der Waals surface area contributed by atoms with Gasteiger partial charge in [-0.3, -0.25) is 0 Å². The highest BCUT2D eigenvalue weighted by Gasteiger charge is 2.10. The Morgan fingerprint density at radius 2 is 2.38 bits per heavy atom.